The molecule has 30 heavy (non-hydrogen) atoms. The van der Waals surface area contributed by atoms with Gasteiger partial charge in [0.15, 0.2) is 5.16 Å². The van der Waals surface area contributed by atoms with Crippen LogP contribution in [0.4, 0.5) is 17.6 Å². The van der Waals surface area contributed by atoms with E-state index in [-0.39, 0.29) is 5.95 Å². The molecule has 4 aromatic rings. The van der Waals surface area contributed by atoms with E-state index in [9.17, 15) is 0 Å². The number of nitrogen functional groups attached to an aromatic ring is 1. The summed E-state index contributed by atoms with van der Waals surface area (Å²) in [7, 11) is 1.64. The van der Waals surface area contributed by atoms with E-state index in [1.54, 1.807) is 25.4 Å². The van der Waals surface area contributed by atoms with Gasteiger partial charge in [-0.25, -0.2) is 4.98 Å². The fraction of sp³-hybridized carbons (Fsp3) is 0.100. The lowest BCUT2D eigenvalue weighted by Crippen LogP contribution is -2.06. The molecule has 0 saturated carbocycles. The van der Waals surface area contributed by atoms with Crippen LogP contribution in [0.25, 0.3) is 5.69 Å². The van der Waals surface area contributed by atoms with Crippen molar-refractivity contribution >= 4 is 40.9 Å². The van der Waals surface area contributed by atoms with Gasteiger partial charge in [-0.1, -0.05) is 23.4 Å². The quantitative estimate of drug-likeness (QED) is 0.410. The van der Waals surface area contributed by atoms with E-state index in [4.69, 9.17) is 22.1 Å². The minimum Gasteiger partial charge on any atom is -0.497 e. The predicted molar refractivity (Wildman–Crippen MR) is 119 cm³/mol. The molecule has 0 unspecified atom stereocenters. The SMILES string of the molecule is COc1ccc(-n2ccnc2SCc2nc(N)nc(Nc3ccc(Cl)cc3)n2)cc1. The third kappa shape index (κ3) is 4.81. The highest BCUT2D eigenvalue weighted by Gasteiger charge is 2.10. The zero-order chi connectivity index (χ0) is 20.9. The van der Waals surface area contributed by atoms with Crippen molar-refractivity contribution in [3.05, 3.63) is 71.8 Å². The monoisotopic (exact) mass is 439 g/mol. The summed E-state index contributed by atoms with van der Waals surface area (Å²) in [5.41, 5.74) is 7.66. The molecule has 0 aliphatic heterocycles. The molecule has 10 heteroatoms. The fourth-order valence-corrected chi connectivity index (χ4v) is 3.64. The highest BCUT2D eigenvalue weighted by Crippen LogP contribution is 2.25. The zero-order valence-corrected chi connectivity index (χ0v) is 17.6. The van der Waals surface area contributed by atoms with Crippen molar-refractivity contribution in [2.24, 2.45) is 0 Å². The van der Waals surface area contributed by atoms with E-state index in [1.165, 1.54) is 11.8 Å². The molecule has 4 rings (SSSR count). The van der Waals surface area contributed by atoms with Crippen LogP contribution in [0.5, 0.6) is 5.75 Å². The molecular weight excluding hydrogens is 422 g/mol. The average molecular weight is 440 g/mol. The molecule has 0 aliphatic carbocycles. The predicted octanol–water partition coefficient (Wildman–Crippen LogP) is 4.34. The third-order valence-corrected chi connectivity index (χ3v) is 5.30. The lowest BCUT2D eigenvalue weighted by molar-refractivity contribution is 0.414. The van der Waals surface area contributed by atoms with Crippen LogP contribution in [0.15, 0.2) is 66.1 Å². The van der Waals surface area contributed by atoms with E-state index in [2.05, 4.69) is 25.3 Å². The molecule has 0 atom stereocenters. The van der Waals surface area contributed by atoms with Gasteiger partial charge in [-0.15, -0.1) is 0 Å². The first-order valence-electron chi connectivity index (χ1n) is 8.94. The zero-order valence-electron chi connectivity index (χ0n) is 16.0. The molecule has 0 amide bonds. The Balaban J connectivity index is 1.48. The summed E-state index contributed by atoms with van der Waals surface area (Å²) in [5, 5.41) is 4.58. The summed E-state index contributed by atoms with van der Waals surface area (Å²) in [4.78, 5) is 17.3. The number of ether oxygens (including phenoxy) is 1. The van der Waals surface area contributed by atoms with Gasteiger partial charge >= 0.3 is 0 Å². The Morgan fingerprint density at radius 2 is 1.83 bits per heavy atom. The second-order valence-electron chi connectivity index (χ2n) is 6.13. The standard InChI is InChI=1S/C20H18ClN7OS/c1-29-16-8-6-15(7-9-16)28-11-10-23-20(28)30-12-17-25-18(22)27-19(26-17)24-14-4-2-13(21)3-5-14/h2-11H,12H2,1H3,(H3,22,24,25,26,27). The topological polar surface area (TPSA) is 104 Å². The van der Waals surface area contributed by atoms with Gasteiger partial charge in [0, 0.05) is 28.8 Å². The number of thioether (sulfide) groups is 1. The van der Waals surface area contributed by atoms with E-state index in [0.29, 0.717) is 22.5 Å². The third-order valence-electron chi connectivity index (χ3n) is 4.09. The molecule has 0 saturated heterocycles. The Hall–Kier alpha value is -3.30. The minimum atomic E-state index is 0.149. The van der Waals surface area contributed by atoms with Gasteiger partial charge in [-0.2, -0.15) is 15.0 Å². The summed E-state index contributed by atoms with van der Waals surface area (Å²) in [6, 6.07) is 15.0. The second kappa shape index (κ2) is 9.02. The van der Waals surface area contributed by atoms with Crippen molar-refractivity contribution in [1.29, 1.82) is 0 Å². The van der Waals surface area contributed by atoms with Crippen molar-refractivity contribution in [1.82, 2.24) is 24.5 Å². The Labute approximate surface area is 182 Å². The molecule has 2 aromatic carbocycles. The van der Waals surface area contributed by atoms with Gasteiger partial charge < -0.3 is 15.8 Å². The van der Waals surface area contributed by atoms with Crippen LogP contribution in [0.1, 0.15) is 5.82 Å². The number of nitrogens with two attached hydrogens (primary N) is 1. The summed E-state index contributed by atoms with van der Waals surface area (Å²) in [5.74, 6) is 2.35. The number of hydrogen-bond donors (Lipinski definition) is 2. The molecule has 0 spiro atoms. The number of rotatable bonds is 7. The summed E-state index contributed by atoms with van der Waals surface area (Å²) >= 11 is 7.43. The van der Waals surface area contributed by atoms with Gasteiger partial charge in [0.2, 0.25) is 11.9 Å². The van der Waals surface area contributed by atoms with Crippen LogP contribution < -0.4 is 15.8 Å². The Bertz CT molecular complexity index is 1130. The van der Waals surface area contributed by atoms with Crippen molar-refractivity contribution in [3.63, 3.8) is 0 Å². The number of anilines is 3. The maximum absolute atomic E-state index is 5.92. The second-order valence-corrected chi connectivity index (χ2v) is 7.51. The van der Waals surface area contributed by atoms with Gasteiger partial charge in [-0.3, -0.25) is 4.57 Å². The Kier molecular flexibility index (Phi) is 6.01. The van der Waals surface area contributed by atoms with Crippen LogP contribution in [0, 0.1) is 0 Å². The molecule has 3 N–H and O–H groups in total. The summed E-state index contributed by atoms with van der Waals surface area (Å²) < 4.78 is 7.20. The number of benzene rings is 2. The maximum Gasteiger partial charge on any atom is 0.232 e. The molecule has 8 nitrogen and oxygen atoms in total. The first kappa shape index (κ1) is 20.0. The van der Waals surface area contributed by atoms with Crippen LogP contribution in [-0.2, 0) is 5.75 Å². The van der Waals surface area contributed by atoms with Crippen molar-refractivity contribution in [2.75, 3.05) is 18.2 Å². The fourth-order valence-electron chi connectivity index (χ4n) is 2.69. The van der Waals surface area contributed by atoms with Crippen LogP contribution in [0.2, 0.25) is 5.02 Å². The number of methoxy groups -OCH3 is 1. The number of hydrogen-bond acceptors (Lipinski definition) is 8. The Morgan fingerprint density at radius 3 is 2.57 bits per heavy atom. The largest absolute Gasteiger partial charge is 0.497 e. The summed E-state index contributed by atoms with van der Waals surface area (Å²) in [6.07, 6.45) is 3.65. The number of imidazole rings is 1. The number of nitrogens with zero attached hydrogens (tertiary/aromatic N) is 5. The van der Waals surface area contributed by atoms with Crippen molar-refractivity contribution in [3.8, 4) is 11.4 Å². The average Bonchev–Trinajstić information content (AvgIpc) is 3.22. The first-order chi connectivity index (χ1) is 14.6. The normalized spacial score (nSPS) is 10.7. The van der Waals surface area contributed by atoms with Gasteiger partial charge in [0.1, 0.15) is 11.6 Å². The maximum atomic E-state index is 5.92. The number of aromatic nitrogens is 5. The van der Waals surface area contributed by atoms with E-state index in [0.717, 1.165) is 22.3 Å². The summed E-state index contributed by atoms with van der Waals surface area (Å²) in [6.45, 7) is 0. The molecule has 152 valence electrons. The molecule has 0 radical (unpaired) electrons. The van der Waals surface area contributed by atoms with Gasteiger partial charge in [-0.05, 0) is 48.5 Å². The van der Waals surface area contributed by atoms with Crippen molar-refractivity contribution < 1.29 is 4.74 Å². The van der Waals surface area contributed by atoms with E-state index >= 15 is 0 Å². The molecular formula is C20H18ClN7OS. The first-order valence-corrected chi connectivity index (χ1v) is 10.3. The van der Waals surface area contributed by atoms with Gasteiger partial charge in [0.05, 0.1) is 12.9 Å². The Morgan fingerprint density at radius 1 is 1.07 bits per heavy atom. The molecule has 0 fully saturated rings. The smallest absolute Gasteiger partial charge is 0.232 e. The van der Waals surface area contributed by atoms with Crippen molar-refractivity contribution in [2.45, 2.75) is 10.9 Å². The lowest BCUT2D eigenvalue weighted by Gasteiger charge is -2.09. The lowest BCUT2D eigenvalue weighted by atomic mass is 10.3. The highest BCUT2D eigenvalue weighted by atomic mass is 35.5. The van der Waals surface area contributed by atoms with Crippen LogP contribution in [-0.4, -0.2) is 31.6 Å². The van der Waals surface area contributed by atoms with Gasteiger partial charge in [0.25, 0.3) is 0 Å². The van der Waals surface area contributed by atoms with Crippen LogP contribution >= 0.6 is 23.4 Å². The molecule has 2 heterocycles. The molecule has 0 aliphatic rings. The number of nitrogens with one attached hydrogen (secondary N) is 1. The number of halogens is 1. The van der Waals surface area contributed by atoms with E-state index in [1.807, 2.05) is 47.2 Å². The van der Waals surface area contributed by atoms with Crippen LogP contribution in [0.3, 0.4) is 0 Å². The molecule has 2 aromatic heterocycles. The molecule has 0 bridgehead atoms. The minimum absolute atomic E-state index is 0.149. The van der Waals surface area contributed by atoms with E-state index < -0.39 is 0 Å². The highest BCUT2D eigenvalue weighted by molar-refractivity contribution is 7.98.